The first-order chi connectivity index (χ1) is 13.5. The Bertz CT molecular complexity index is 850. The van der Waals surface area contributed by atoms with Crippen molar-refractivity contribution in [1.29, 1.82) is 0 Å². The molecule has 0 saturated heterocycles. The Labute approximate surface area is 165 Å². The minimum atomic E-state index is -4.47. The van der Waals surface area contributed by atoms with Crippen LogP contribution in [0.15, 0.2) is 48.5 Å². The van der Waals surface area contributed by atoms with Gasteiger partial charge in [0.05, 0.1) is 11.7 Å². The van der Waals surface area contributed by atoms with E-state index in [4.69, 9.17) is 9.47 Å². The van der Waals surface area contributed by atoms with Gasteiger partial charge in [-0.2, -0.15) is 13.2 Å². The average Bonchev–Trinajstić information content (AvgIpc) is 2.60. The molecule has 0 aliphatic heterocycles. The largest absolute Gasteiger partial charge is 0.479 e. The van der Waals surface area contributed by atoms with Gasteiger partial charge in [0, 0.05) is 12.1 Å². The highest BCUT2D eigenvalue weighted by atomic mass is 19.4. The zero-order valence-corrected chi connectivity index (χ0v) is 15.7. The number of aliphatic carboxylic acids is 1. The minimum absolute atomic E-state index is 0.0746. The number of ether oxygens (including phenoxy) is 2. The van der Waals surface area contributed by atoms with E-state index in [1.54, 1.807) is 26.0 Å². The lowest BCUT2D eigenvalue weighted by molar-refractivity contribution is -0.153. The molecular formula is C20H20F3NO5. The Morgan fingerprint density at radius 2 is 1.76 bits per heavy atom. The summed E-state index contributed by atoms with van der Waals surface area (Å²) in [4.78, 5) is 23.3. The van der Waals surface area contributed by atoms with Crippen LogP contribution < -0.4 is 10.1 Å². The van der Waals surface area contributed by atoms with Crippen molar-refractivity contribution in [2.75, 3.05) is 5.32 Å². The van der Waals surface area contributed by atoms with E-state index in [0.717, 1.165) is 24.3 Å². The van der Waals surface area contributed by atoms with E-state index in [9.17, 15) is 27.9 Å². The second-order valence-electron chi connectivity index (χ2n) is 6.45. The number of alkyl halides is 3. The van der Waals surface area contributed by atoms with Gasteiger partial charge in [-0.3, -0.25) is 5.32 Å². The van der Waals surface area contributed by atoms with Crippen molar-refractivity contribution in [3.05, 3.63) is 59.7 Å². The van der Waals surface area contributed by atoms with Gasteiger partial charge in [-0.1, -0.05) is 12.1 Å². The van der Waals surface area contributed by atoms with Gasteiger partial charge in [-0.05, 0) is 55.8 Å². The van der Waals surface area contributed by atoms with E-state index in [-0.39, 0.29) is 24.0 Å². The number of anilines is 1. The minimum Gasteiger partial charge on any atom is -0.479 e. The first-order valence-electron chi connectivity index (χ1n) is 8.68. The molecule has 1 unspecified atom stereocenters. The number of nitrogens with one attached hydrogen (secondary N) is 1. The summed E-state index contributed by atoms with van der Waals surface area (Å²) in [7, 11) is 0. The standard InChI is InChI=1S/C20H20F3NO5/c1-12(2)28-17(18(25)26)11-13-4-3-5-16(10-13)29-19(27)24-15-8-6-14(7-9-15)20(21,22)23/h3-10,12,17H,11H2,1-2H3,(H,24,27)(H,25,26). The smallest absolute Gasteiger partial charge is 0.417 e. The van der Waals surface area contributed by atoms with Crippen LogP contribution in [-0.2, 0) is 22.1 Å². The Hall–Kier alpha value is -3.07. The first-order valence-corrected chi connectivity index (χ1v) is 8.68. The molecule has 29 heavy (non-hydrogen) atoms. The molecule has 6 nitrogen and oxygen atoms in total. The predicted octanol–water partition coefficient (Wildman–Crippen LogP) is 4.74. The third kappa shape index (κ3) is 7.11. The summed E-state index contributed by atoms with van der Waals surface area (Å²) in [6.45, 7) is 3.45. The molecule has 2 rings (SSSR count). The number of benzene rings is 2. The lowest BCUT2D eigenvalue weighted by atomic mass is 10.1. The van der Waals surface area contributed by atoms with Crippen LogP contribution in [0.5, 0.6) is 5.75 Å². The van der Waals surface area contributed by atoms with Crippen LogP contribution in [-0.4, -0.2) is 29.4 Å². The summed E-state index contributed by atoms with van der Waals surface area (Å²) in [5.74, 6) is -0.953. The Kier molecular flexibility index (Phi) is 7.22. The third-order valence-corrected chi connectivity index (χ3v) is 3.70. The van der Waals surface area contributed by atoms with Crippen LogP contribution in [0.2, 0.25) is 0 Å². The van der Waals surface area contributed by atoms with Crippen LogP contribution in [0, 0.1) is 0 Å². The molecule has 9 heteroatoms. The molecular weight excluding hydrogens is 391 g/mol. The highest BCUT2D eigenvalue weighted by molar-refractivity contribution is 5.86. The third-order valence-electron chi connectivity index (χ3n) is 3.70. The van der Waals surface area contributed by atoms with Gasteiger partial charge in [-0.15, -0.1) is 0 Å². The summed E-state index contributed by atoms with van der Waals surface area (Å²) in [5, 5.41) is 11.6. The topological polar surface area (TPSA) is 84.9 Å². The lowest BCUT2D eigenvalue weighted by Gasteiger charge is -2.16. The molecule has 0 fully saturated rings. The van der Waals surface area contributed by atoms with Crippen LogP contribution in [0.1, 0.15) is 25.0 Å². The number of carboxylic acids is 1. The molecule has 1 atom stereocenters. The van der Waals surface area contributed by atoms with Gasteiger partial charge >= 0.3 is 18.2 Å². The van der Waals surface area contributed by atoms with E-state index in [2.05, 4.69) is 5.32 Å². The van der Waals surface area contributed by atoms with Gasteiger partial charge in [0.25, 0.3) is 0 Å². The molecule has 0 bridgehead atoms. The molecule has 0 saturated carbocycles. The molecule has 2 aromatic rings. The number of halogens is 3. The highest BCUT2D eigenvalue weighted by Crippen LogP contribution is 2.29. The zero-order chi connectivity index (χ0) is 21.6. The van der Waals surface area contributed by atoms with Crippen molar-refractivity contribution < 1.29 is 37.3 Å². The number of carbonyl (C=O) groups is 2. The molecule has 0 aliphatic carbocycles. The Balaban J connectivity index is 2.00. The second-order valence-corrected chi connectivity index (χ2v) is 6.45. The molecule has 0 heterocycles. The molecule has 0 aliphatic rings. The Morgan fingerprint density at radius 3 is 2.31 bits per heavy atom. The van der Waals surface area contributed by atoms with E-state index in [1.807, 2.05) is 0 Å². The zero-order valence-electron chi connectivity index (χ0n) is 15.7. The van der Waals surface area contributed by atoms with Crippen molar-refractivity contribution in [1.82, 2.24) is 0 Å². The normalized spacial score (nSPS) is 12.5. The number of amides is 1. The average molecular weight is 411 g/mol. The number of rotatable bonds is 7. The number of carbonyl (C=O) groups excluding carboxylic acids is 1. The van der Waals surface area contributed by atoms with Crippen molar-refractivity contribution in [2.24, 2.45) is 0 Å². The molecule has 0 aromatic heterocycles. The van der Waals surface area contributed by atoms with E-state index in [0.29, 0.717) is 5.56 Å². The molecule has 2 aromatic carbocycles. The predicted molar refractivity (Wildman–Crippen MR) is 98.9 cm³/mol. The summed E-state index contributed by atoms with van der Waals surface area (Å²) in [6, 6.07) is 10.2. The van der Waals surface area contributed by atoms with Crippen molar-refractivity contribution in [2.45, 2.75) is 38.7 Å². The maximum absolute atomic E-state index is 12.6. The van der Waals surface area contributed by atoms with E-state index >= 15 is 0 Å². The fourth-order valence-electron chi connectivity index (χ4n) is 2.47. The molecule has 0 radical (unpaired) electrons. The fraction of sp³-hybridized carbons (Fsp3) is 0.300. The van der Waals surface area contributed by atoms with Crippen molar-refractivity contribution >= 4 is 17.7 Å². The van der Waals surface area contributed by atoms with E-state index < -0.39 is 29.9 Å². The second kappa shape index (κ2) is 9.42. The number of hydrogen-bond acceptors (Lipinski definition) is 4. The molecule has 2 N–H and O–H groups in total. The SMILES string of the molecule is CC(C)OC(Cc1cccc(OC(=O)Nc2ccc(C(F)(F)F)cc2)c1)C(=O)O. The fourth-order valence-corrected chi connectivity index (χ4v) is 2.47. The molecule has 1 amide bonds. The monoisotopic (exact) mass is 411 g/mol. The van der Waals surface area contributed by atoms with Gasteiger partial charge in [0.1, 0.15) is 5.75 Å². The van der Waals surface area contributed by atoms with Crippen molar-refractivity contribution in [3.8, 4) is 5.75 Å². The highest BCUT2D eigenvalue weighted by Gasteiger charge is 2.30. The summed E-state index contributed by atoms with van der Waals surface area (Å²) in [5.41, 5.74) is -0.117. The Morgan fingerprint density at radius 1 is 1.10 bits per heavy atom. The van der Waals surface area contributed by atoms with Gasteiger partial charge in [0.15, 0.2) is 6.10 Å². The van der Waals surface area contributed by atoms with Crippen LogP contribution in [0.25, 0.3) is 0 Å². The summed E-state index contributed by atoms with van der Waals surface area (Å²) >= 11 is 0. The number of carboxylic acid groups (broad SMARTS) is 1. The maximum atomic E-state index is 12.6. The van der Waals surface area contributed by atoms with Crippen molar-refractivity contribution in [3.63, 3.8) is 0 Å². The van der Waals surface area contributed by atoms with Crippen LogP contribution >= 0.6 is 0 Å². The quantitative estimate of drug-likeness (QED) is 0.688. The summed E-state index contributed by atoms with van der Waals surface area (Å²) in [6.07, 6.45) is -6.61. The lowest BCUT2D eigenvalue weighted by Crippen LogP contribution is -2.29. The molecule has 156 valence electrons. The van der Waals surface area contributed by atoms with Gasteiger partial charge in [-0.25, -0.2) is 9.59 Å². The molecule has 0 spiro atoms. The summed E-state index contributed by atoms with van der Waals surface area (Å²) < 4.78 is 48.1. The number of hydrogen-bond donors (Lipinski definition) is 2. The van der Waals surface area contributed by atoms with Gasteiger partial charge < -0.3 is 14.6 Å². The maximum Gasteiger partial charge on any atom is 0.417 e. The van der Waals surface area contributed by atoms with E-state index in [1.165, 1.54) is 12.1 Å². The van der Waals surface area contributed by atoms with Crippen LogP contribution in [0.3, 0.4) is 0 Å². The first kappa shape index (κ1) is 22.2. The van der Waals surface area contributed by atoms with Crippen LogP contribution in [0.4, 0.5) is 23.7 Å². The van der Waals surface area contributed by atoms with Gasteiger partial charge in [0.2, 0.25) is 0 Å².